The number of nitrogens with zero attached hydrogens (tertiary/aromatic N) is 3. The minimum atomic E-state index is -0.982. The van der Waals surface area contributed by atoms with Crippen molar-refractivity contribution >= 4 is 5.91 Å². The van der Waals surface area contributed by atoms with Crippen molar-refractivity contribution in [2.24, 2.45) is 0 Å². The average Bonchev–Trinajstić information content (AvgIpc) is 2.87. The molecule has 0 saturated heterocycles. The summed E-state index contributed by atoms with van der Waals surface area (Å²) in [5.74, 6) is -1.75. The Morgan fingerprint density at radius 2 is 2.21 bits per heavy atom. The Morgan fingerprint density at radius 1 is 1.42 bits per heavy atom. The molecule has 0 aliphatic rings. The summed E-state index contributed by atoms with van der Waals surface area (Å²) in [5, 5.41) is 6.28. The molecule has 1 N–H and O–H groups in total. The molecule has 0 radical (unpaired) electrons. The molecule has 1 aromatic carbocycles. The van der Waals surface area contributed by atoms with Crippen LogP contribution in [0.5, 0.6) is 0 Å². The third-order valence-corrected chi connectivity index (χ3v) is 2.65. The second-order valence-corrected chi connectivity index (χ2v) is 4.07. The van der Waals surface area contributed by atoms with Crippen LogP contribution in [0.3, 0.4) is 0 Å². The van der Waals surface area contributed by atoms with Gasteiger partial charge in [0, 0.05) is 12.6 Å². The van der Waals surface area contributed by atoms with Crippen LogP contribution in [0.15, 0.2) is 24.5 Å². The van der Waals surface area contributed by atoms with Gasteiger partial charge in [-0.1, -0.05) is 12.1 Å². The first-order chi connectivity index (χ1) is 9.08. The lowest BCUT2D eigenvalue weighted by Gasteiger charge is -2.15. The van der Waals surface area contributed by atoms with Gasteiger partial charge in [0.25, 0.3) is 0 Å². The molecule has 0 bridgehead atoms. The van der Waals surface area contributed by atoms with E-state index in [1.807, 2.05) is 0 Å². The fraction of sp³-hybridized carbons (Fsp3) is 0.250. The Labute approximate surface area is 108 Å². The van der Waals surface area contributed by atoms with Crippen LogP contribution in [0, 0.1) is 11.6 Å². The molecule has 7 heteroatoms. The van der Waals surface area contributed by atoms with Crippen molar-refractivity contribution < 1.29 is 13.6 Å². The molecule has 2 aromatic rings. The molecular formula is C12H12F2N4O. The highest BCUT2D eigenvalue weighted by Gasteiger charge is 2.15. The van der Waals surface area contributed by atoms with Gasteiger partial charge in [-0.2, -0.15) is 5.10 Å². The van der Waals surface area contributed by atoms with Crippen LogP contribution in [0.2, 0.25) is 0 Å². The summed E-state index contributed by atoms with van der Waals surface area (Å²) < 4.78 is 26.4. The maximum Gasteiger partial charge on any atom is 0.227 e. The SMILES string of the molecule is CN(Cc1ncn[nH]1)C(=O)Cc1cccc(F)c1F. The van der Waals surface area contributed by atoms with E-state index in [1.54, 1.807) is 7.05 Å². The van der Waals surface area contributed by atoms with Crippen molar-refractivity contribution in [1.29, 1.82) is 0 Å². The molecule has 0 atom stereocenters. The standard InChI is InChI=1S/C12H12F2N4O/c1-18(6-10-15-7-16-17-10)11(19)5-8-3-2-4-9(13)12(8)14/h2-4,7H,5-6H2,1H3,(H,15,16,17). The molecule has 0 unspecified atom stereocenters. The van der Waals surface area contributed by atoms with Crippen molar-refractivity contribution in [3.63, 3.8) is 0 Å². The van der Waals surface area contributed by atoms with Crippen LogP contribution in [0.25, 0.3) is 0 Å². The molecule has 100 valence electrons. The number of aromatic amines is 1. The summed E-state index contributed by atoms with van der Waals surface area (Å²) >= 11 is 0. The summed E-state index contributed by atoms with van der Waals surface area (Å²) in [6.45, 7) is 0.232. The van der Waals surface area contributed by atoms with Crippen molar-refractivity contribution in [1.82, 2.24) is 20.1 Å². The van der Waals surface area contributed by atoms with Gasteiger partial charge in [0.05, 0.1) is 13.0 Å². The van der Waals surface area contributed by atoms with E-state index in [2.05, 4.69) is 15.2 Å². The number of nitrogens with one attached hydrogen (secondary N) is 1. The zero-order valence-electron chi connectivity index (χ0n) is 10.2. The number of carbonyl (C=O) groups is 1. The molecule has 0 aliphatic heterocycles. The first-order valence-electron chi connectivity index (χ1n) is 5.59. The van der Waals surface area contributed by atoms with Crippen LogP contribution in [0.4, 0.5) is 8.78 Å². The third-order valence-electron chi connectivity index (χ3n) is 2.65. The van der Waals surface area contributed by atoms with E-state index in [1.165, 1.54) is 23.4 Å². The van der Waals surface area contributed by atoms with E-state index in [0.717, 1.165) is 6.07 Å². The van der Waals surface area contributed by atoms with E-state index >= 15 is 0 Å². The molecule has 0 saturated carbocycles. The van der Waals surface area contributed by atoms with E-state index < -0.39 is 11.6 Å². The number of H-pyrrole nitrogens is 1. The van der Waals surface area contributed by atoms with Crippen LogP contribution < -0.4 is 0 Å². The second kappa shape index (κ2) is 5.55. The molecular weight excluding hydrogens is 254 g/mol. The number of likely N-dealkylation sites (N-methyl/N-ethyl adjacent to an activating group) is 1. The normalized spacial score (nSPS) is 10.5. The first-order valence-corrected chi connectivity index (χ1v) is 5.59. The fourth-order valence-electron chi connectivity index (χ4n) is 1.60. The first kappa shape index (κ1) is 13.1. The van der Waals surface area contributed by atoms with Crippen molar-refractivity contribution in [3.05, 3.63) is 47.5 Å². The molecule has 0 aliphatic carbocycles. The Balaban J connectivity index is 2.02. The average molecular weight is 266 g/mol. The van der Waals surface area contributed by atoms with Gasteiger partial charge in [0.2, 0.25) is 5.91 Å². The van der Waals surface area contributed by atoms with Crippen LogP contribution in [-0.4, -0.2) is 33.0 Å². The molecule has 1 amide bonds. The van der Waals surface area contributed by atoms with Gasteiger partial charge in [-0.05, 0) is 6.07 Å². The Bertz CT molecular complexity index is 571. The highest BCUT2D eigenvalue weighted by Crippen LogP contribution is 2.13. The molecule has 19 heavy (non-hydrogen) atoms. The molecule has 1 aromatic heterocycles. The van der Waals surface area contributed by atoms with Crippen LogP contribution in [0.1, 0.15) is 11.4 Å². The summed E-state index contributed by atoms with van der Waals surface area (Å²) in [6, 6.07) is 3.78. The van der Waals surface area contributed by atoms with Gasteiger partial charge in [-0.25, -0.2) is 13.8 Å². The highest BCUT2D eigenvalue weighted by molar-refractivity contribution is 5.78. The van der Waals surface area contributed by atoms with Gasteiger partial charge >= 0.3 is 0 Å². The maximum absolute atomic E-state index is 13.4. The monoisotopic (exact) mass is 266 g/mol. The predicted molar refractivity (Wildman–Crippen MR) is 62.9 cm³/mol. The Kier molecular flexibility index (Phi) is 3.84. The Hall–Kier alpha value is -2.31. The van der Waals surface area contributed by atoms with E-state index in [9.17, 15) is 13.6 Å². The minimum Gasteiger partial charge on any atom is -0.338 e. The van der Waals surface area contributed by atoms with Crippen molar-refractivity contribution in [3.8, 4) is 0 Å². The highest BCUT2D eigenvalue weighted by atomic mass is 19.2. The number of rotatable bonds is 4. The van der Waals surface area contributed by atoms with Gasteiger partial charge in [-0.15, -0.1) is 0 Å². The fourth-order valence-corrected chi connectivity index (χ4v) is 1.60. The lowest BCUT2D eigenvalue weighted by atomic mass is 10.1. The number of hydrogen-bond acceptors (Lipinski definition) is 3. The van der Waals surface area contributed by atoms with E-state index in [0.29, 0.717) is 5.82 Å². The lowest BCUT2D eigenvalue weighted by Crippen LogP contribution is -2.28. The second-order valence-electron chi connectivity index (χ2n) is 4.07. The molecule has 5 nitrogen and oxygen atoms in total. The number of carbonyl (C=O) groups excluding carboxylic acids is 1. The van der Waals surface area contributed by atoms with Gasteiger partial charge in [-0.3, -0.25) is 9.89 Å². The quantitative estimate of drug-likeness (QED) is 0.906. The number of halogens is 2. The summed E-state index contributed by atoms with van der Waals surface area (Å²) in [5.41, 5.74) is 0.0365. The molecule has 2 rings (SSSR count). The molecule has 1 heterocycles. The summed E-state index contributed by atoms with van der Waals surface area (Å²) in [7, 11) is 1.56. The van der Waals surface area contributed by atoms with Crippen molar-refractivity contribution in [2.75, 3.05) is 7.05 Å². The number of benzene rings is 1. The zero-order valence-corrected chi connectivity index (χ0v) is 10.2. The van der Waals surface area contributed by atoms with Gasteiger partial charge in [0.15, 0.2) is 11.6 Å². The van der Waals surface area contributed by atoms with Gasteiger partial charge in [0.1, 0.15) is 12.2 Å². The Morgan fingerprint density at radius 3 is 2.89 bits per heavy atom. The van der Waals surface area contributed by atoms with E-state index in [4.69, 9.17) is 0 Å². The largest absolute Gasteiger partial charge is 0.338 e. The van der Waals surface area contributed by atoms with Gasteiger partial charge < -0.3 is 4.90 Å². The lowest BCUT2D eigenvalue weighted by molar-refractivity contribution is -0.129. The zero-order chi connectivity index (χ0) is 13.8. The molecule has 0 spiro atoms. The molecule has 0 fully saturated rings. The number of amides is 1. The number of aromatic nitrogens is 3. The predicted octanol–water partition coefficient (Wildman–Crippen LogP) is 1.28. The third kappa shape index (κ3) is 3.12. The topological polar surface area (TPSA) is 61.9 Å². The summed E-state index contributed by atoms with van der Waals surface area (Å²) in [6.07, 6.45) is 1.13. The minimum absolute atomic E-state index is 0.0365. The number of hydrogen-bond donors (Lipinski definition) is 1. The van der Waals surface area contributed by atoms with E-state index in [-0.39, 0.29) is 24.4 Å². The van der Waals surface area contributed by atoms with Crippen LogP contribution >= 0.6 is 0 Å². The smallest absolute Gasteiger partial charge is 0.227 e. The van der Waals surface area contributed by atoms with Crippen LogP contribution in [-0.2, 0) is 17.8 Å². The summed E-state index contributed by atoms with van der Waals surface area (Å²) in [4.78, 5) is 17.1. The maximum atomic E-state index is 13.4. The van der Waals surface area contributed by atoms with Crippen molar-refractivity contribution in [2.45, 2.75) is 13.0 Å².